The average molecular weight is 277 g/mol. The van der Waals surface area contributed by atoms with Gasteiger partial charge in [0.1, 0.15) is 16.5 Å². The molecule has 2 heterocycles. The molecule has 2 aromatic heterocycles. The predicted molar refractivity (Wildman–Crippen MR) is 77.0 cm³/mol. The van der Waals surface area contributed by atoms with Gasteiger partial charge in [-0.05, 0) is 19.9 Å². The highest BCUT2D eigenvalue weighted by molar-refractivity contribution is 7.09. The van der Waals surface area contributed by atoms with Crippen molar-refractivity contribution in [3.63, 3.8) is 0 Å². The Kier molecular flexibility index (Phi) is 3.63. The van der Waals surface area contributed by atoms with Crippen LogP contribution in [0.5, 0.6) is 0 Å². The summed E-state index contributed by atoms with van der Waals surface area (Å²) in [4.78, 5) is 16.8. The van der Waals surface area contributed by atoms with Gasteiger partial charge in [-0.1, -0.05) is 20.8 Å². The number of hydrogen-bond acceptors (Lipinski definition) is 4. The zero-order valence-electron chi connectivity index (χ0n) is 12.0. The Labute approximate surface area is 117 Å². The van der Waals surface area contributed by atoms with Gasteiger partial charge in [0, 0.05) is 10.8 Å². The fraction of sp³-hybridized carbons (Fsp3) is 0.467. The molecule has 0 spiro atoms. The predicted octanol–water partition coefficient (Wildman–Crippen LogP) is 4.08. The van der Waals surface area contributed by atoms with E-state index in [9.17, 15) is 4.79 Å². The van der Waals surface area contributed by atoms with Crippen LogP contribution in [-0.2, 0) is 11.8 Å². The minimum absolute atomic E-state index is 0.0277. The molecule has 19 heavy (non-hydrogen) atoms. The molecule has 4 heteroatoms. The van der Waals surface area contributed by atoms with Crippen LogP contribution in [0, 0.1) is 13.8 Å². The molecule has 0 saturated carbocycles. The van der Waals surface area contributed by atoms with E-state index < -0.39 is 0 Å². The first-order valence-corrected chi connectivity index (χ1v) is 7.20. The van der Waals surface area contributed by atoms with Gasteiger partial charge in [-0.2, -0.15) is 0 Å². The third-order valence-corrected chi connectivity index (χ3v) is 3.82. The van der Waals surface area contributed by atoms with E-state index in [1.807, 2.05) is 19.2 Å². The van der Waals surface area contributed by atoms with E-state index >= 15 is 0 Å². The summed E-state index contributed by atoms with van der Waals surface area (Å²) >= 11 is 1.55. The van der Waals surface area contributed by atoms with Gasteiger partial charge >= 0.3 is 0 Å². The largest absolute Gasteiger partial charge is 0.466 e. The summed E-state index contributed by atoms with van der Waals surface area (Å²) in [7, 11) is 0. The van der Waals surface area contributed by atoms with E-state index in [1.54, 1.807) is 17.4 Å². The second kappa shape index (κ2) is 4.93. The molecule has 102 valence electrons. The summed E-state index contributed by atoms with van der Waals surface area (Å²) in [5.74, 6) is 1.54. The van der Waals surface area contributed by atoms with Crippen molar-refractivity contribution in [1.29, 1.82) is 0 Å². The molecule has 0 aliphatic heterocycles. The second-order valence-corrected chi connectivity index (χ2v) is 6.75. The number of Topliss-reactive ketones (excluding diaryl/α,β-unsaturated/α-hetero) is 1. The highest BCUT2D eigenvalue weighted by Gasteiger charge is 2.20. The SMILES string of the molecule is Cc1cc(C(=O)Cc2nc(C(C)(C)C)cs2)c(C)o1. The van der Waals surface area contributed by atoms with Crippen molar-refractivity contribution < 1.29 is 9.21 Å². The van der Waals surface area contributed by atoms with E-state index in [0.29, 0.717) is 17.7 Å². The Bertz CT molecular complexity index is 602. The van der Waals surface area contributed by atoms with Crippen molar-refractivity contribution in [3.05, 3.63) is 39.2 Å². The lowest BCUT2D eigenvalue weighted by Crippen LogP contribution is -2.12. The molecular formula is C15H19NO2S. The van der Waals surface area contributed by atoms with Gasteiger partial charge in [-0.15, -0.1) is 11.3 Å². The number of carbonyl (C=O) groups excluding carboxylic acids is 1. The van der Waals surface area contributed by atoms with Crippen LogP contribution in [0.1, 0.15) is 53.4 Å². The number of aromatic nitrogens is 1. The van der Waals surface area contributed by atoms with Crippen molar-refractivity contribution >= 4 is 17.1 Å². The van der Waals surface area contributed by atoms with Crippen LogP contribution in [-0.4, -0.2) is 10.8 Å². The molecule has 0 amide bonds. The van der Waals surface area contributed by atoms with E-state index in [0.717, 1.165) is 16.5 Å². The topological polar surface area (TPSA) is 43.1 Å². The number of hydrogen-bond donors (Lipinski definition) is 0. The smallest absolute Gasteiger partial charge is 0.173 e. The maximum Gasteiger partial charge on any atom is 0.173 e. The average Bonchev–Trinajstić information content (AvgIpc) is 2.84. The Morgan fingerprint density at radius 2 is 2.05 bits per heavy atom. The van der Waals surface area contributed by atoms with Gasteiger partial charge < -0.3 is 4.42 Å². The number of ketones is 1. The van der Waals surface area contributed by atoms with Gasteiger partial charge in [0.15, 0.2) is 5.78 Å². The molecule has 0 unspecified atom stereocenters. The summed E-state index contributed by atoms with van der Waals surface area (Å²) in [6.45, 7) is 10.0. The van der Waals surface area contributed by atoms with E-state index in [4.69, 9.17) is 4.42 Å². The van der Waals surface area contributed by atoms with Crippen LogP contribution in [0.25, 0.3) is 0 Å². The highest BCUT2D eigenvalue weighted by Crippen LogP contribution is 2.25. The molecule has 2 aromatic rings. The number of rotatable bonds is 3. The summed E-state index contributed by atoms with van der Waals surface area (Å²) in [6, 6.07) is 1.80. The molecule has 0 radical (unpaired) electrons. The molecule has 0 aliphatic carbocycles. The van der Waals surface area contributed by atoms with Gasteiger partial charge in [0.05, 0.1) is 17.7 Å². The minimum Gasteiger partial charge on any atom is -0.466 e. The molecule has 0 bridgehead atoms. The lowest BCUT2D eigenvalue weighted by molar-refractivity contribution is 0.0991. The Hall–Kier alpha value is -1.42. The van der Waals surface area contributed by atoms with E-state index in [1.165, 1.54) is 0 Å². The van der Waals surface area contributed by atoms with Crippen LogP contribution in [0.15, 0.2) is 15.9 Å². The van der Waals surface area contributed by atoms with Crippen LogP contribution >= 0.6 is 11.3 Å². The van der Waals surface area contributed by atoms with Crippen molar-refractivity contribution in [1.82, 2.24) is 4.98 Å². The van der Waals surface area contributed by atoms with Gasteiger partial charge in [0.2, 0.25) is 0 Å². The Morgan fingerprint density at radius 3 is 2.53 bits per heavy atom. The van der Waals surface area contributed by atoms with Gasteiger partial charge in [-0.25, -0.2) is 4.98 Å². The standard InChI is InChI=1S/C15H19NO2S/c1-9-6-11(10(2)18-9)12(17)7-14-16-13(8-19-14)15(3,4)5/h6,8H,7H2,1-5H3. The first-order valence-electron chi connectivity index (χ1n) is 6.32. The zero-order chi connectivity index (χ0) is 14.2. The molecule has 0 N–H and O–H groups in total. The van der Waals surface area contributed by atoms with E-state index in [2.05, 4.69) is 25.8 Å². The number of nitrogens with zero attached hydrogens (tertiary/aromatic N) is 1. The molecule has 2 rings (SSSR count). The molecule has 0 fully saturated rings. The summed E-state index contributed by atoms with van der Waals surface area (Å²) in [6.07, 6.45) is 0.348. The van der Waals surface area contributed by atoms with Crippen LogP contribution in [0.3, 0.4) is 0 Å². The van der Waals surface area contributed by atoms with Crippen molar-refractivity contribution in [3.8, 4) is 0 Å². The first-order chi connectivity index (χ1) is 8.77. The normalized spacial score (nSPS) is 11.8. The highest BCUT2D eigenvalue weighted by atomic mass is 32.1. The second-order valence-electron chi connectivity index (χ2n) is 5.80. The van der Waals surface area contributed by atoms with Gasteiger partial charge in [-0.3, -0.25) is 4.79 Å². The van der Waals surface area contributed by atoms with Crippen molar-refractivity contribution in [2.75, 3.05) is 0 Å². The maximum absolute atomic E-state index is 12.2. The molecule has 0 atom stereocenters. The van der Waals surface area contributed by atoms with Crippen LogP contribution in [0.2, 0.25) is 0 Å². The zero-order valence-corrected chi connectivity index (χ0v) is 12.9. The first kappa shape index (κ1) is 14.0. The lowest BCUT2D eigenvalue weighted by atomic mass is 9.93. The van der Waals surface area contributed by atoms with E-state index in [-0.39, 0.29) is 11.2 Å². The summed E-state index contributed by atoms with van der Waals surface area (Å²) in [5, 5.41) is 2.91. The number of furan rings is 1. The Morgan fingerprint density at radius 1 is 1.37 bits per heavy atom. The monoisotopic (exact) mass is 277 g/mol. The summed E-state index contributed by atoms with van der Waals surface area (Å²) < 4.78 is 5.39. The lowest BCUT2D eigenvalue weighted by Gasteiger charge is -2.14. The van der Waals surface area contributed by atoms with Gasteiger partial charge in [0.25, 0.3) is 0 Å². The van der Waals surface area contributed by atoms with Crippen molar-refractivity contribution in [2.24, 2.45) is 0 Å². The molecular weight excluding hydrogens is 258 g/mol. The molecule has 3 nitrogen and oxygen atoms in total. The molecule has 0 saturated heterocycles. The quantitative estimate of drug-likeness (QED) is 0.794. The van der Waals surface area contributed by atoms with Crippen LogP contribution < -0.4 is 0 Å². The van der Waals surface area contributed by atoms with Crippen molar-refractivity contribution in [2.45, 2.75) is 46.5 Å². The minimum atomic E-state index is 0.0277. The van der Waals surface area contributed by atoms with Crippen LogP contribution in [0.4, 0.5) is 0 Å². The number of thiazole rings is 1. The fourth-order valence-electron chi connectivity index (χ4n) is 1.88. The third-order valence-electron chi connectivity index (χ3n) is 2.97. The number of aryl methyl sites for hydroxylation is 2. The molecule has 0 aliphatic rings. The maximum atomic E-state index is 12.2. The molecule has 0 aromatic carbocycles. The Balaban J connectivity index is 2.16. The number of carbonyl (C=O) groups is 1. The third kappa shape index (κ3) is 3.13. The fourth-order valence-corrected chi connectivity index (χ4v) is 2.90. The summed E-state index contributed by atoms with van der Waals surface area (Å²) in [5.41, 5.74) is 1.74.